The van der Waals surface area contributed by atoms with E-state index in [2.05, 4.69) is 20.6 Å². The van der Waals surface area contributed by atoms with Crippen LogP contribution in [0.2, 0.25) is 0 Å². The third-order valence-corrected chi connectivity index (χ3v) is 4.96. The summed E-state index contributed by atoms with van der Waals surface area (Å²) in [6.45, 7) is 2.00. The lowest BCUT2D eigenvalue weighted by Crippen LogP contribution is -2.31. The van der Waals surface area contributed by atoms with Crippen LogP contribution in [-0.2, 0) is 14.3 Å². The SMILES string of the molecule is CCOC(=O)Nc1ccc2c(c1)NC(C(=O)OC)CCCC[C@H](N)c1cc-2ncn1. The van der Waals surface area contributed by atoms with E-state index in [1.54, 1.807) is 19.1 Å². The standard InChI is InChI=1S/C21H27N5O4/c1-3-30-21(28)25-13-8-9-14-17-11-19(24-12-23-17)15(22)6-4-5-7-16(20(27)29-2)26-18(14)10-13/h8-12,15-16,26H,3-7,22H2,1-2H3,(H,25,28)/t15-,16?/m0/s1. The first-order valence-electron chi connectivity index (χ1n) is 10.0. The second-order valence-corrected chi connectivity index (χ2v) is 7.04. The molecule has 0 saturated carbocycles. The molecule has 1 aliphatic rings. The maximum Gasteiger partial charge on any atom is 0.411 e. The van der Waals surface area contributed by atoms with Gasteiger partial charge in [0.1, 0.15) is 12.4 Å². The summed E-state index contributed by atoms with van der Waals surface area (Å²) in [5, 5.41) is 5.95. The van der Waals surface area contributed by atoms with Gasteiger partial charge in [0.25, 0.3) is 0 Å². The molecule has 2 atom stereocenters. The van der Waals surface area contributed by atoms with Gasteiger partial charge in [0.2, 0.25) is 0 Å². The summed E-state index contributed by atoms with van der Waals surface area (Å²) in [6.07, 6.45) is 3.94. The van der Waals surface area contributed by atoms with Crippen molar-refractivity contribution < 1.29 is 19.1 Å². The van der Waals surface area contributed by atoms with Crippen LogP contribution in [0, 0.1) is 0 Å². The molecule has 0 aliphatic carbocycles. The van der Waals surface area contributed by atoms with E-state index < -0.39 is 12.1 Å². The third kappa shape index (κ3) is 5.24. The molecule has 0 radical (unpaired) electrons. The van der Waals surface area contributed by atoms with Crippen LogP contribution < -0.4 is 16.4 Å². The van der Waals surface area contributed by atoms with Gasteiger partial charge in [-0.2, -0.15) is 0 Å². The van der Waals surface area contributed by atoms with E-state index in [0.717, 1.165) is 30.5 Å². The van der Waals surface area contributed by atoms with E-state index >= 15 is 0 Å². The van der Waals surface area contributed by atoms with Gasteiger partial charge in [-0.15, -0.1) is 0 Å². The van der Waals surface area contributed by atoms with Crippen LogP contribution in [0.1, 0.15) is 44.3 Å². The quantitative estimate of drug-likeness (QED) is 0.654. The maximum atomic E-state index is 12.4. The van der Waals surface area contributed by atoms with E-state index in [-0.39, 0.29) is 18.6 Å². The Morgan fingerprint density at radius 1 is 1.23 bits per heavy atom. The van der Waals surface area contributed by atoms with E-state index in [0.29, 0.717) is 23.5 Å². The minimum atomic E-state index is -0.551. The molecular weight excluding hydrogens is 386 g/mol. The predicted molar refractivity (Wildman–Crippen MR) is 113 cm³/mol. The average Bonchev–Trinajstić information content (AvgIpc) is 2.75. The van der Waals surface area contributed by atoms with Crippen molar-refractivity contribution in [1.82, 2.24) is 9.97 Å². The molecule has 30 heavy (non-hydrogen) atoms. The zero-order valence-electron chi connectivity index (χ0n) is 17.2. The van der Waals surface area contributed by atoms with Crippen LogP contribution in [0.3, 0.4) is 0 Å². The molecule has 1 aromatic heterocycles. The van der Waals surface area contributed by atoms with Gasteiger partial charge in [0.05, 0.1) is 25.1 Å². The number of hydrogen-bond donors (Lipinski definition) is 3. The highest BCUT2D eigenvalue weighted by molar-refractivity contribution is 5.89. The lowest BCUT2D eigenvalue weighted by atomic mass is 9.99. The van der Waals surface area contributed by atoms with Crippen molar-refractivity contribution in [2.75, 3.05) is 24.4 Å². The number of carbonyl (C=O) groups excluding carboxylic acids is 2. The number of anilines is 2. The smallest absolute Gasteiger partial charge is 0.411 e. The third-order valence-electron chi connectivity index (χ3n) is 4.96. The molecule has 2 bridgehead atoms. The Labute approximate surface area is 175 Å². The molecule has 1 aromatic carbocycles. The van der Waals surface area contributed by atoms with Gasteiger partial charge in [-0.1, -0.05) is 12.8 Å². The Morgan fingerprint density at radius 3 is 2.80 bits per heavy atom. The summed E-state index contributed by atoms with van der Waals surface area (Å²) in [6, 6.07) is 6.43. The number of nitrogens with zero attached hydrogens (tertiary/aromatic N) is 2. The number of aromatic nitrogens is 2. The number of esters is 1. The van der Waals surface area contributed by atoms with Crippen LogP contribution in [0.25, 0.3) is 11.3 Å². The molecular formula is C21H27N5O4. The Balaban J connectivity index is 2.04. The molecule has 0 spiro atoms. The minimum Gasteiger partial charge on any atom is -0.467 e. The second-order valence-electron chi connectivity index (χ2n) is 7.04. The van der Waals surface area contributed by atoms with Crippen molar-refractivity contribution in [1.29, 1.82) is 0 Å². The number of nitrogens with one attached hydrogen (secondary N) is 2. The van der Waals surface area contributed by atoms with Crippen molar-refractivity contribution in [3.8, 4) is 11.3 Å². The lowest BCUT2D eigenvalue weighted by Gasteiger charge is -2.22. The maximum absolute atomic E-state index is 12.4. The van der Waals surface area contributed by atoms with Gasteiger partial charge in [-0.3, -0.25) is 5.32 Å². The van der Waals surface area contributed by atoms with Gasteiger partial charge >= 0.3 is 12.1 Å². The molecule has 3 rings (SSSR count). The minimum absolute atomic E-state index is 0.205. The van der Waals surface area contributed by atoms with E-state index in [1.807, 2.05) is 12.1 Å². The van der Waals surface area contributed by atoms with E-state index in [9.17, 15) is 9.59 Å². The monoisotopic (exact) mass is 413 g/mol. The summed E-state index contributed by atoms with van der Waals surface area (Å²) in [7, 11) is 1.37. The fraction of sp³-hybridized carbons (Fsp3) is 0.429. The van der Waals surface area contributed by atoms with Gasteiger partial charge in [0.15, 0.2) is 0 Å². The van der Waals surface area contributed by atoms with Gasteiger partial charge in [0, 0.05) is 23.0 Å². The number of ether oxygens (including phenoxy) is 2. The second kappa shape index (κ2) is 10.0. The summed E-state index contributed by atoms with van der Waals surface area (Å²) < 4.78 is 9.93. The summed E-state index contributed by atoms with van der Waals surface area (Å²) in [5.41, 5.74) is 9.67. The molecule has 4 N–H and O–H groups in total. The number of methoxy groups -OCH3 is 1. The first-order chi connectivity index (χ1) is 14.5. The van der Waals surface area contributed by atoms with Gasteiger partial charge in [-0.05, 0) is 44.0 Å². The summed E-state index contributed by atoms with van der Waals surface area (Å²) in [5.74, 6) is -0.352. The lowest BCUT2D eigenvalue weighted by molar-refractivity contribution is -0.141. The van der Waals surface area contributed by atoms with Crippen molar-refractivity contribution >= 4 is 23.4 Å². The number of carbonyl (C=O) groups is 2. The molecule has 2 heterocycles. The Kier molecular flexibility index (Phi) is 7.18. The molecule has 2 aromatic rings. The predicted octanol–water partition coefficient (Wildman–Crippen LogP) is 3.24. The Hall–Kier alpha value is -3.20. The van der Waals surface area contributed by atoms with Gasteiger partial charge < -0.3 is 20.5 Å². The normalized spacial score (nSPS) is 18.6. The van der Waals surface area contributed by atoms with Crippen LogP contribution >= 0.6 is 0 Å². The zero-order valence-corrected chi connectivity index (χ0v) is 17.2. The fourth-order valence-electron chi connectivity index (χ4n) is 3.41. The molecule has 160 valence electrons. The van der Waals surface area contributed by atoms with Crippen molar-refractivity contribution in [3.63, 3.8) is 0 Å². The Bertz CT molecular complexity index is 905. The van der Waals surface area contributed by atoms with Crippen LogP contribution in [0.15, 0.2) is 30.6 Å². The van der Waals surface area contributed by atoms with Crippen molar-refractivity contribution in [3.05, 3.63) is 36.3 Å². The first kappa shape index (κ1) is 21.5. The van der Waals surface area contributed by atoms with Crippen molar-refractivity contribution in [2.45, 2.75) is 44.7 Å². The summed E-state index contributed by atoms with van der Waals surface area (Å²) >= 11 is 0. The molecule has 1 amide bonds. The van der Waals surface area contributed by atoms with Gasteiger partial charge in [-0.25, -0.2) is 19.6 Å². The zero-order chi connectivity index (χ0) is 21.5. The number of rotatable bonds is 3. The average molecular weight is 413 g/mol. The van der Waals surface area contributed by atoms with Crippen LogP contribution in [-0.4, -0.2) is 41.8 Å². The van der Waals surface area contributed by atoms with Crippen LogP contribution in [0.5, 0.6) is 0 Å². The fourth-order valence-corrected chi connectivity index (χ4v) is 3.41. The number of amides is 1. The molecule has 0 fully saturated rings. The highest BCUT2D eigenvalue weighted by Crippen LogP contribution is 2.32. The topological polar surface area (TPSA) is 128 Å². The first-order valence-corrected chi connectivity index (χ1v) is 10.0. The highest BCUT2D eigenvalue weighted by Gasteiger charge is 2.22. The van der Waals surface area contributed by atoms with Crippen LogP contribution in [0.4, 0.5) is 16.2 Å². The highest BCUT2D eigenvalue weighted by atomic mass is 16.5. The van der Waals surface area contributed by atoms with E-state index in [1.165, 1.54) is 13.4 Å². The largest absolute Gasteiger partial charge is 0.467 e. The number of hydrogen-bond acceptors (Lipinski definition) is 8. The molecule has 9 nitrogen and oxygen atoms in total. The van der Waals surface area contributed by atoms with E-state index in [4.69, 9.17) is 15.2 Å². The number of nitrogens with two attached hydrogens (primary N) is 1. The molecule has 0 saturated heterocycles. The molecule has 1 unspecified atom stereocenters. The molecule has 1 aliphatic heterocycles. The number of benzene rings is 1. The van der Waals surface area contributed by atoms with Crippen molar-refractivity contribution in [2.24, 2.45) is 5.73 Å². The number of fused-ring (bicyclic) bond motifs is 4. The molecule has 9 heteroatoms. The Morgan fingerprint density at radius 2 is 2.03 bits per heavy atom. The summed E-state index contributed by atoms with van der Waals surface area (Å²) in [4.78, 5) is 32.9.